The molecule has 3 rings (SSSR count). The van der Waals surface area contributed by atoms with Crippen molar-refractivity contribution in [2.45, 2.75) is 11.2 Å². The second-order valence-electron chi connectivity index (χ2n) is 6.56. The number of halogens is 1. The number of ether oxygens (including phenoxy) is 1. The number of thioether (sulfide) groups is 1. The Morgan fingerprint density at radius 2 is 1.77 bits per heavy atom. The van der Waals surface area contributed by atoms with Crippen LogP contribution >= 0.6 is 27.7 Å². The maximum absolute atomic E-state index is 12.5. The van der Waals surface area contributed by atoms with Crippen LogP contribution in [0.25, 0.3) is 0 Å². The molecule has 8 nitrogen and oxygen atoms in total. The number of aliphatic hydroxyl groups is 1. The minimum absolute atomic E-state index is 0.0337. The van der Waals surface area contributed by atoms with Gasteiger partial charge in [0.15, 0.2) is 16.8 Å². The lowest BCUT2D eigenvalue weighted by Gasteiger charge is -2.16. The number of aromatic nitrogens is 3. The van der Waals surface area contributed by atoms with Gasteiger partial charge in [0.2, 0.25) is 0 Å². The smallest absolute Gasteiger partial charge is 0.251 e. The second-order valence-corrected chi connectivity index (χ2v) is 8.41. The van der Waals surface area contributed by atoms with E-state index in [2.05, 4.69) is 31.4 Å². The van der Waals surface area contributed by atoms with Crippen molar-refractivity contribution in [2.75, 3.05) is 19.5 Å². The fraction of sp³-hybridized carbons (Fsp3) is 0.238. The van der Waals surface area contributed by atoms with Crippen LogP contribution in [0.15, 0.2) is 58.2 Å². The Kier molecular flexibility index (Phi) is 7.83. The molecule has 0 bridgehead atoms. The van der Waals surface area contributed by atoms with Crippen molar-refractivity contribution in [3.05, 3.63) is 70.0 Å². The minimum atomic E-state index is -0.747. The summed E-state index contributed by atoms with van der Waals surface area (Å²) in [6, 6.07) is 13.0. The quantitative estimate of drug-likeness (QED) is 0.340. The predicted octanol–water partition coefficient (Wildman–Crippen LogP) is 3.02. The average molecular weight is 505 g/mol. The monoisotopic (exact) mass is 504 g/mol. The van der Waals surface area contributed by atoms with Gasteiger partial charge in [-0.1, -0.05) is 39.8 Å². The summed E-state index contributed by atoms with van der Waals surface area (Å²) in [5, 5.41) is 21.3. The number of methoxy groups -OCH3 is 1. The molecule has 1 atom stereocenters. The number of hydrogen-bond donors (Lipinski definition) is 2. The molecule has 0 aliphatic heterocycles. The Bertz CT molecular complexity index is 1050. The number of benzene rings is 2. The number of nitrogens with one attached hydrogen (secondary N) is 1. The first-order valence-corrected chi connectivity index (χ1v) is 11.1. The molecule has 0 spiro atoms. The Hall–Kier alpha value is -2.69. The predicted molar refractivity (Wildman–Crippen MR) is 120 cm³/mol. The van der Waals surface area contributed by atoms with Crippen LogP contribution in [0.2, 0.25) is 0 Å². The zero-order chi connectivity index (χ0) is 22.4. The number of amides is 1. The van der Waals surface area contributed by atoms with E-state index in [0.717, 1.165) is 4.47 Å². The van der Waals surface area contributed by atoms with Gasteiger partial charge in [0.05, 0.1) is 19.5 Å². The van der Waals surface area contributed by atoms with Crippen LogP contribution in [0.1, 0.15) is 32.6 Å². The van der Waals surface area contributed by atoms with Crippen molar-refractivity contribution in [1.82, 2.24) is 20.1 Å². The molecule has 1 aromatic heterocycles. The van der Waals surface area contributed by atoms with E-state index < -0.39 is 6.04 Å². The van der Waals surface area contributed by atoms with Crippen molar-refractivity contribution < 1.29 is 19.4 Å². The maximum atomic E-state index is 12.5. The van der Waals surface area contributed by atoms with Gasteiger partial charge in [-0.2, -0.15) is 0 Å². The summed E-state index contributed by atoms with van der Waals surface area (Å²) < 4.78 is 7.66. The normalized spacial score (nSPS) is 11.7. The van der Waals surface area contributed by atoms with E-state index in [-0.39, 0.29) is 24.1 Å². The molecule has 31 heavy (non-hydrogen) atoms. The summed E-state index contributed by atoms with van der Waals surface area (Å²) in [5.41, 5.74) is 1.04. The van der Waals surface area contributed by atoms with Gasteiger partial charge in [0.1, 0.15) is 11.8 Å². The van der Waals surface area contributed by atoms with Gasteiger partial charge >= 0.3 is 0 Å². The van der Waals surface area contributed by atoms with Gasteiger partial charge < -0.3 is 19.7 Å². The lowest BCUT2D eigenvalue weighted by molar-refractivity contribution is 0.0911. The van der Waals surface area contributed by atoms with E-state index in [1.54, 1.807) is 55.1 Å². The van der Waals surface area contributed by atoms with E-state index in [1.807, 2.05) is 12.1 Å². The molecule has 2 aromatic carbocycles. The third-order valence-corrected chi connectivity index (χ3v) is 6.07. The van der Waals surface area contributed by atoms with Crippen molar-refractivity contribution in [3.63, 3.8) is 0 Å². The van der Waals surface area contributed by atoms with Crippen LogP contribution < -0.4 is 10.1 Å². The van der Waals surface area contributed by atoms with Gasteiger partial charge in [0, 0.05) is 22.6 Å². The van der Waals surface area contributed by atoms with Crippen LogP contribution in [0.4, 0.5) is 0 Å². The molecule has 0 radical (unpaired) electrons. The fourth-order valence-corrected chi connectivity index (χ4v) is 3.86. The molecule has 10 heteroatoms. The molecule has 1 unspecified atom stereocenters. The van der Waals surface area contributed by atoms with E-state index in [1.165, 1.54) is 11.8 Å². The highest BCUT2D eigenvalue weighted by molar-refractivity contribution is 9.10. The molecule has 1 heterocycles. The summed E-state index contributed by atoms with van der Waals surface area (Å²) in [4.78, 5) is 24.9. The van der Waals surface area contributed by atoms with Gasteiger partial charge in [0.25, 0.3) is 5.91 Å². The minimum Gasteiger partial charge on any atom is -0.497 e. The lowest BCUT2D eigenvalue weighted by Crippen LogP contribution is -2.32. The molecular formula is C21H21BrN4O4S. The number of nitrogens with zero attached hydrogens (tertiary/aromatic N) is 3. The van der Waals surface area contributed by atoms with Crippen LogP contribution in [-0.4, -0.2) is 51.0 Å². The lowest BCUT2D eigenvalue weighted by atomic mass is 10.2. The van der Waals surface area contributed by atoms with Crippen LogP contribution in [0.3, 0.4) is 0 Å². The summed E-state index contributed by atoms with van der Waals surface area (Å²) >= 11 is 4.59. The summed E-state index contributed by atoms with van der Waals surface area (Å²) in [6.45, 7) is -0.351. The first-order chi connectivity index (χ1) is 14.9. The van der Waals surface area contributed by atoms with Crippen molar-refractivity contribution in [1.29, 1.82) is 0 Å². The molecule has 0 saturated carbocycles. The van der Waals surface area contributed by atoms with Crippen LogP contribution in [0, 0.1) is 0 Å². The first-order valence-electron chi connectivity index (χ1n) is 9.29. The SMILES string of the molecule is COc1ccc(C(=O)NC(CO)c2nnc(SCC(=O)c3ccc(Br)cc3)n2C)cc1. The summed E-state index contributed by atoms with van der Waals surface area (Å²) in [5.74, 6) is 0.832. The maximum Gasteiger partial charge on any atom is 0.251 e. The van der Waals surface area contributed by atoms with E-state index in [4.69, 9.17) is 4.74 Å². The standard InChI is InChI=1S/C21H21BrN4O4S/c1-26-19(17(11-27)23-20(29)14-5-9-16(30-2)10-6-14)24-25-21(26)31-12-18(28)13-3-7-15(22)8-4-13/h3-10,17,27H,11-12H2,1-2H3,(H,23,29). The highest BCUT2D eigenvalue weighted by Crippen LogP contribution is 2.21. The Labute approximate surface area is 192 Å². The molecule has 0 aliphatic rings. The Morgan fingerprint density at radius 1 is 1.13 bits per heavy atom. The second kappa shape index (κ2) is 10.6. The van der Waals surface area contributed by atoms with E-state index in [0.29, 0.717) is 27.9 Å². The molecule has 0 fully saturated rings. The molecule has 0 saturated heterocycles. The highest BCUT2D eigenvalue weighted by Gasteiger charge is 2.22. The van der Waals surface area contributed by atoms with Crippen LogP contribution in [-0.2, 0) is 7.05 Å². The molecular weight excluding hydrogens is 484 g/mol. The van der Waals surface area contributed by atoms with Gasteiger partial charge in [-0.15, -0.1) is 10.2 Å². The number of ketones is 1. The topological polar surface area (TPSA) is 106 Å². The van der Waals surface area contributed by atoms with E-state index in [9.17, 15) is 14.7 Å². The average Bonchev–Trinajstić information content (AvgIpc) is 3.16. The number of hydrogen-bond acceptors (Lipinski definition) is 7. The van der Waals surface area contributed by atoms with Crippen LogP contribution in [0.5, 0.6) is 5.75 Å². The van der Waals surface area contributed by atoms with Gasteiger partial charge in [-0.05, 0) is 36.4 Å². The number of rotatable bonds is 9. The van der Waals surface area contributed by atoms with Crippen molar-refractivity contribution >= 4 is 39.4 Å². The molecule has 1 amide bonds. The zero-order valence-corrected chi connectivity index (χ0v) is 19.3. The summed E-state index contributed by atoms with van der Waals surface area (Å²) in [6.07, 6.45) is 0. The Balaban J connectivity index is 1.65. The van der Waals surface area contributed by atoms with Crippen molar-refractivity contribution in [2.24, 2.45) is 7.05 Å². The highest BCUT2D eigenvalue weighted by atomic mass is 79.9. The molecule has 0 aliphatic carbocycles. The number of carbonyl (C=O) groups excluding carboxylic acids is 2. The number of Topliss-reactive ketones (excluding diaryl/α,β-unsaturated/α-hetero) is 1. The molecule has 3 aromatic rings. The van der Waals surface area contributed by atoms with Gasteiger partial charge in [-0.25, -0.2) is 0 Å². The third kappa shape index (κ3) is 5.72. The molecule has 162 valence electrons. The Morgan fingerprint density at radius 3 is 2.39 bits per heavy atom. The third-order valence-electron chi connectivity index (χ3n) is 4.52. The first kappa shape index (κ1) is 23.0. The largest absolute Gasteiger partial charge is 0.497 e. The summed E-state index contributed by atoms with van der Waals surface area (Å²) in [7, 11) is 3.27. The molecule has 2 N–H and O–H groups in total. The fourth-order valence-electron chi connectivity index (χ4n) is 2.78. The van der Waals surface area contributed by atoms with Gasteiger partial charge in [-0.3, -0.25) is 9.59 Å². The zero-order valence-electron chi connectivity index (χ0n) is 16.9. The van der Waals surface area contributed by atoms with E-state index >= 15 is 0 Å². The van der Waals surface area contributed by atoms with Crippen molar-refractivity contribution in [3.8, 4) is 5.75 Å². The number of carbonyl (C=O) groups is 2. The number of aliphatic hydroxyl groups excluding tert-OH is 1.